The molecule has 4 rings (SSSR count). The van der Waals surface area contributed by atoms with Crippen LogP contribution in [0.15, 0.2) is 32.5 Å². The first-order valence-electron chi connectivity index (χ1n) is 11.7. The summed E-state index contributed by atoms with van der Waals surface area (Å²) in [5.74, 6) is 1.27. The van der Waals surface area contributed by atoms with E-state index in [0.29, 0.717) is 27.1 Å². The molecule has 34 heavy (non-hydrogen) atoms. The summed E-state index contributed by atoms with van der Waals surface area (Å²) in [6.07, 6.45) is 8.41. The largest absolute Gasteiger partial charge is 0.467 e. The molecule has 0 aliphatic carbocycles. The summed E-state index contributed by atoms with van der Waals surface area (Å²) in [5, 5.41) is 9.81. The Morgan fingerprint density at radius 3 is 2.68 bits per heavy atom. The summed E-state index contributed by atoms with van der Waals surface area (Å²) < 4.78 is 7.61. The SMILES string of the molecule is CCCCn1c(N2CCCCC2)c(C=C2SC(=S)N(Cc3ccco3)C2=O)c(C)c(C#N)c1=O. The van der Waals surface area contributed by atoms with E-state index in [1.807, 2.05) is 12.1 Å². The van der Waals surface area contributed by atoms with E-state index in [-0.39, 0.29) is 23.6 Å². The summed E-state index contributed by atoms with van der Waals surface area (Å²) >= 11 is 6.74. The van der Waals surface area contributed by atoms with E-state index in [1.54, 1.807) is 23.8 Å². The van der Waals surface area contributed by atoms with Crippen LogP contribution >= 0.6 is 24.0 Å². The van der Waals surface area contributed by atoms with Crippen molar-refractivity contribution in [1.29, 1.82) is 5.26 Å². The van der Waals surface area contributed by atoms with E-state index in [0.717, 1.165) is 56.6 Å². The van der Waals surface area contributed by atoms with Gasteiger partial charge in [0.15, 0.2) is 0 Å². The van der Waals surface area contributed by atoms with Gasteiger partial charge in [-0.1, -0.05) is 37.3 Å². The summed E-state index contributed by atoms with van der Waals surface area (Å²) in [5.41, 5.74) is 1.25. The standard InChI is InChI=1S/C25H28N4O3S2/c1-3-4-12-28-22(27-10-6-5-7-11-27)19(17(2)20(15-26)23(28)30)14-21-24(31)29(25(33)34-21)16-18-9-8-13-32-18/h8-9,13-14H,3-7,10-12,16H2,1-2H3. The van der Waals surface area contributed by atoms with Crippen molar-refractivity contribution >= 4 is 46.1 Å². The topological polar surface area (TPSA) is 82.5 Å². The van der Waals surface area contributed by atoms with Crippen LogP contribution in [-0.4, -0.2) is 32.8 Å². The van der Waals surface area contributed by atoms with E-state index in [1.165, 1.54) is 16.7 Å². The molecule has 2 saturated heterocycles. The second-order valence-corrected chi connectivity index (χ2v) is 10.2. The molecule has 0 spiro atoms. The lowest BCUT2D eigenvalue weighted by Gasteiger charge is -2.33. The summed E-state index contributed by atoms with van der Waals surface area (Å²) in [6, 6.07) is 5.70. The van der Waals surface area contributed by atoms with Gasteiger partial charge in [0.2, 0.25) is 0 Å². The van der Waals surface area contributed by atoms with Crippen molar-refractivity contribution in [2.45, 2.75) is 59.0 Å². The van der Waals surface area contributed by atoms with Gasteiger partial charge in [-0.3, -0.25) is 19.1 Å². The van der Waals surface area contributed by atoms with Crippen LogP contribution in [0.3, 0.4) is 0 Å². The lowest BCUT2D eigenvalue weighted by molar-refractivity contribution is -0.122. The minimum atomic E-state index is -0.253. The highest BCUT2D eigenvalue weighted by Gasteiger charge is 2.34. The highest BCUT2D eigenvalue weighted by atomic mass is 32.2. The zero-order valence-corrected chi connectivity index (χ0v) is 21.1. The molecule has 2 aliphatic heterocycles. The Bertz CT molecular complexity index is 1220. The van der Waals surface area contributed by atoms with Crippen LogP contribution in [0.1, 0.15) is 61.5 Å². The predicted octanol–water partition coefficient (Wildman–Crippen LogP) is 4.81. The van der Waals surface area contributed by atoms with Gasteiger partial charge >= 0.3 is 0 Å². The molecule has 9 heteroatoms. The summed E-state index contributed by atoms with van der Waals surface area (Å²) in [7, 11) is 0. The van der Waals surface area contributed by atoms with Gasteiger partial charge in [0, 0.05) is 25.2 Å². The van der Waals surface area contributed by atoms with Gasteiger partial charge in [0.25, 0.3) is 11.5 Å². The third-order valence-corrected chi connectivity index (χ3v) is 7.66. The van der Waals surface area contributed by atoms with Crippen molar-refractivity contribution in [3.05, 3.63) is 56.1 Å². The monoisotopic (exact) mass is 496 g/mol. The van der Waals surface area contributed by atoms with Crippen molar-refractivity contribution < 1.29 is 9.21 Å². The summed E-state index contributed by atoms with van der Waals surface area (Å²) in [4.78, 5) is 30.8. The molecule has 0 radical (unpaired) electrons. The quantitative estimate of drug-likeness (QED) is 0.402. The van der Waals surface area contributed by atoms with Crippen molar-refractivity contribution in [1.82, 2.24) is 9.47 Å². The molecule has 4 heterocycles. The average Bonchev–Trinajstić information content (AvgIpc) is 3.45. The number of furan rings is 1. The number of unbranched alkanes of at least 4 members (excludes halogenated alkanes) is 1. The number of pyridine rings is 1. The van der Waals surface area contributed by atoms with Crippen LogP contribution in [0.5, 0.6) is 0 Å². The molecule has 2 aromatic rings. The third-order valence-electron chi connectivity index (χ3n) is 6.28. The smallest absolute Gasteiger partial charge is 0.270 e. The van der Waals surface area contributed by atoms with Gasteiger partial charge in [-0.05, 0) is 56.4 Å². The fourth-order valence-corrected chi connectivity index (χ4v) is 5.68. The second-order valence-electron chi connectivity index (χ2n) is 8.55. The van der Waals surface area contributed by atoms with Crippen molar-refractivity contribution in [2.24, 2.45) is 0 Å². The molecular weight excluding hydrogens is 468 g/mol. The number of amides is 1. The van der Waals surface area contributed by atoms with Gasteiger partial charge in [0.1, 0.15) is 27.5 Å². The zero-order chi connectivity index (χ0) is 24.2. The molecule has 7 nitrogen and oxygen atoms in total. The first-order chi connectivity index (χ1) is 16.5. The summed E-state index contributed by atoms with van der Waals surface area (Å²) in [6.45, 7) is 6.38. The maximum absolute atomic E-state index is 13.3. The number of nitriles is 1. The van der Waals surface area contributed by atoms with Crippen molar-refractivity contribution in [3.63, 3.8) is 0 Å². The minimum absolute atomic E-state index is 0.133. The van der Waals surface area contributed by atoms with Crippen molar-refractivity contribution in [3.8, 4) is 6.07 Å². The number of piperidine rings is 1. The van der Waals surface area contributed by atoms with Crippen LogP contribution in [0, 0.1) is 18.3 Å². The number of rotatable bonds is 7. The van der Waals surface area contributed by atoms with Crippen molar-refractivity contribution in [2.75, 3.05) is 18.0 Å². The molecule has 1 amide bonds. The van der Waals surface area contributed by atoms with Crippen LogP contribution in [-0.2, 0) is 17.9 Å². The number of hydrogen-bond donors (Lipinski definition) is 0. The first-order valence-corrected chi connectivity index (χ1v) is 12.9. The van der Waals surface area contributed by atoms with Gasteiger partial charge in [-0.25, -0.2) is 0 Å². The van der Waals surface area contributed by atoms with Crippen LogP contribution in [0.4, 0.5) is 5.82 Å². The van der Waals surface area contributed by atoms with E-state index in [2.05, 4.69) is 17.9 Å². The van der Waals surface area contributed by atoms with Crippen LogP contribution in [0.2, 0.25) is 0 Å². The third kappa shape index (κ3) is 4.70. The fourth-order valence-electron chi connectivity index (χ4n) is 4.44. The van der Waals surface area contributed by atoms with Gasteiger partial charge in [-0.2, -0.15) is 5.26 Å². The Kier molecular flexibility index (Phi) is 7.59. The number of thioether (sulfide) groups is 1. The lowest BCUT2D eigenvalue weighted by Crippen LogP contribution is -2.37. The zero-order valence-electron chi connectivity index (χ0n) is 19.5. The fraction of sp³-hybridized carbons (Fsp3) is 0.440. The maximum Gasteiger partial charge on any atom is 0.270 e. The number of carbonyl (C=O) groups is 1. The highest BCUT2D eigenvalue weighted by molar-refractivity contribution is 8.26. The number of nitrogens with zero attached hydrogens (tertiary/aromatic N) is 4. The average molecular weight is 497 g/mol. The van der Waals surface area contributed by atoms with Gasteiger partial charge < -0.3 is 9.32 Å². The molecule has 0 unspecified atom stereocenters. The number of anilines is 1. The molecule has 0 bridgehead atoms. The normalized spacial score (nSPS) is 17.6. The van der Waals surface area contributed by atoms with E-state index in [4.69, 9.17) is 16.6 Å². The molecule has 0 aromatic carbocycles. The Hall–Kier alpha value is -2.83. The molecule has 0 N–H and O–H groups in total. The maximum atomic E-state index is 13.3. The molecule has 2 aliphatic rings. The number of hydrogen-bond acceptors (Lipinski definition) is 7. The Balaban J connectivity index is 1.83. The number of carbonyl (C=O) groups excluding carboxylic acids is 1. The Morgan fingerprint density at radius 2 is 2.03 bits per heavy atom. The minimum Gasteiger partial charge on any atom is -0.467 e. The highest BCUT2D eigenvalue weighted by Crippen LogP contribution is 2.37. The van der Waals surface area contributed by atoms with Crippen LogP contribution < -0.4 is 10.5 Å². The lowest BCUT2D eigenvalue weighted by atomic mass is 10.0. The second kappa shape index (κ2) is 10.6. The molecule has 0 saturated carbocycles. The predicted molar refractivity (Wildman–Crippen MR) is 139 cm³/mol. The molecular formula is C25H28N4O3S2. The number of aromatic nitrogens is 1. The first kappa shape index (κ1) is 24.3. The molecule has 2 aromatic heterocycles. The van der Waals surface area contributed by atoms with Crippen LogP contribution in [0.25, 0.3) is 6.08 Å². The van der Waals surface area contributed by atoms with Gasteiger partial charge in [0.05, 0.1) is 17.7 Å². The molecule has 178 valence electrons. The van der Waals surface area contributed by atoms with E-state index < -0.39 is 0 Å². The van der Waals surface area contributed by atoms with E-state index in [9.17, 15) is 14.9 Å². The Morgan fingerprint density at radius 1 is 1.26 bits per heavy atom. The Labute approximate surface area is 209 Å². The molecule has 0 atom stereocenters. The number of thiocarbonyl (C=S) groups is 1. The molecule has 2 fully saturated rings. The van der Waals surface area contributed by atoms with Gasteiger partial charge in [-0.15, -0.1) is 0 Å². The van der Waals surface area contributed by atoms with E-state index >= 15 is 0 Å².